The van der Waals surface area contributed by atoms with Crippen LogP contribution in [-0.2, 0) is 11.3 Å². The number of aromatic nitrogens is 2. The minimum atomic E-state index is -0.332. The Bertz CT molecular complexity index is 276. The van der Waals surface area contributed by atoms with Gasteiger partial charge in [-0.1, -0.05) is 4.68 Å². The standard InChI is InChI=1S/C6H10N2O3/c1-5-6(9)11-7-8(5)3-4-10-2/h3-4H2,1-2H3/p+1. The molecule has 0 amide bonds. The predicted octanol–water partition coefficient (Wildman–Crippen LogP) is -0.790. The van der Waals surface area contributed by atoms with Crippen molar-refractivity contribution < 1.29 is 13.9 Å². The molecule has 0 aromatic carbocycles. The van der Waals surface area contributed by atoms with Crippen molar-refractivity contribution in [2.45, 2.75) is 13.5 Å². The van der Waals surface area contributed by atoms with Crippen LogP contribution in [0.3, 0.4) is 0 Å². The van der Waals surface area contributed by atoms with Gasteiger partial charge in [-0.3, -0.25) is 4.52 Å². The van der Waals surface area contributed by atoms with Crippen molar-refractivity contribution in [1.29, 1.82) is 0 Å². The van der Waals surface area contributed by atoms with E-state index in [-0.39, 0.29) is 5.63 Å². The molecule has 0 saturated heterocycles. The number of rotatable bonds is 3. The third-order valence-corrected chi connectivity index (χ3v) is 1.47. The van der Waals surface area contributed by atoms with Crippen LogP contribution in [0.1, 0.15) is 5.69 Å². The molecule has 0 spiro atoms. The maximum atomic E-state index is 10.7. The Morgan fingerprint density at radius 1 is 1.73 bits per heavy atom. The van der Waals surface area contributed by atoms with Crippen LogP contribution in [0.2, 0.25) is 0 Å². The van der Waals surface area contributed by atoms with E-state index < -0.39 is 0 Å². The molecule has 62 valence electrons. The molecule has 1 heterocycles. The molecule has 1 rings (SSSR count). The zero-order chi connectivity index (χ0) is 8.27. The third kappa shape index (κ3) is 1.68. The molecule has 1 aromatic heterocycles. The smallest absolute Gasteiger partial charge is 0.378 e. The quantitative estimate of drug-likeness (QED) is 0.588. The van der Waals surface area contributed by atoms with Crippen molar-refractivity contribution in [1.82, 2.24) is 5.27 Å². The van der Waals surface area contributed by atoms with Crippen LogP contribution in [0.4, 0.5) is 0 Å². The van der Waals surface area contributed by atoms with E-state index in [4.69, 9.17) is 4.74 Å². The van der Waals surface area contributed by atoms with Gasteiger partial charge in [-0.05, 0) is 5.27 Å². The van der Waals surface area contributed by atoms with Crippen molar-refractivity contribution in [2.75, 3.05) is 13.7 Å². The second-order valence-corrected chi connectivity index (χ2v) is 2.21. The highest BCUT2D eigenvalue weighted by Crippen LogP contribution is 1.75. The van der Waals surface area contributed by atoms with Gasteiger partial charge in [-0.25, -0.2) is 4.79 Å². The number of hydrogen-bond donors (Lipinski definition) is 1. The van der Waals surface area contributed by atoms with E-state index in [1.807, 2.05) is 0 Å². The van der Waals surface area contributed by atoms with Gasteiger partial charge < -0.3 is 4.74 Å². The van der Waals surface area contributed by atoms with Gasteiger partial charge >= 0.3 is 5.63 Å². The molecule has 1 aromatic rings. The lowest BCUT2D eigenvalue weighted by Gasteiger charge is -1.89. The molecular formula is C6H11N2O3+. The van der Waals surface area contributed by atoms with Crippen molar-refractivity contribution in [3.8, 4) is 0 Å². The molecule has 5 nitrogen and oxygen atoms in total. The van der Waals surface area contributed by atoms with Crippen LogP contribution in [-0.4, -0.2) is 19.0 Å². The highest BCUT2D eigenvalue weighted by Gasteiger charge is 2.13. The van der Waals surface area contributed by atoms with Crippen LogP contribution >= 0.6 is 0 Å². The lowest BCUT2D eigenvalue weighted by molar-refractivity contribution is -0.768. The van der Waals surface area contributed by atoms with Gasteiger partial charge in [0.05, 0.1) is 0 Å². The Labute approximate surface area is 63.5 Å². The van der Waals surface area contributed by atoms with Gasteiger partial charge in [0.15, 0.2) is 6.54 Å². The number of hydrogen-bond acceptors (Lipinski definition) is 3. The van der Waals surface area contributed by atoms with E-state index in [0.29, 0.717) is 18.8 Å². The van der Waals surface area contributed by atoms with Crippen LogP contribution in [0.15, 0.2) is 9.32 Å². The SMILES string of the molecule is COCC[n+]1[nH]oc(=O)c1C. The molecule has 0 saturated carbocycles. The summed E-state index contributed by atoms with van der Waals surface area (Å²) in [6.45, 7) is 2.85. The summed E-state index contributed by atoms with van der Waals surface area (Å²) in [6.07, 6.45) is 0. The van der Waals surface area contributed by atoms with Gasteiger partial charge in [-0.2, -0.15) is 0 Å². The van der Waals surface area contributed by atoms with E-state index in [1.165, 1.54) is 0 Å². The van der Waals surface area contributed by atoms with Crippen LogP contribution in [0, 0.1) is 6.92 Å². The average molecular weight is 159 g/mol. The van der Waals surface area contributed by atoms with Gasteiger partial charge in [0, 0.05) is 14.0 Å². The number of ether oxygens (including phenoxy) is 1. The second-order valence-electron chi connectivity index (χ2n) is 2.21. The Kier molecular flexibility index (Phi) is 2.43. The topological polar surface area (TPSA) is 59.1 Å². The molecule has 0 bridgehead atoms. The molecule has 1 N–H and O–H groups in total. The number of nitrogens with zero attached hydrogens (tertiary/aromatic N) is 1. The summed E-state index contributed by atoms with van der Waals surface area (Å²) in [5.41, 5.74) is 0.225. The molecule has 0 radical (unpaired) electrons. The fourth-order valence-corrected chi connectivity index (χ4v) is 0.745. The van der Waals surface area contributed by atoms with Gasteiger partial charge in [0.25, 0.3) is 5.69 Å². The summed E-state index contributed by atoms with van der Waals surface area (Å²) in [5.74, 6) is 0. The minimum absolute atomic E-state index is 0.332. The van der Waals surface area contributed by atoms with Gasteiger partial charge in [0.1, 0.15) is 6.61 Å². The first kappa shape index (κ1) is 8.00. The second kappa shape index (κ2) is 3.34. The summed E-state index contributed by atoms with van der Waals surface area (Å²) in [6, 6.07) is 0. The third-order valence-electron chi connectivity index (χ3n) is 1.47. The molecule has 0 atom stereocenters. The first-order chi connectivity index (χ1) is 5.25. The number of H-pyrrole nitrogens is 1. The van der Waals surface area contributed by atoms with Crippen LogP contribution < -0.4 is 10.3 Å². The van der Waals surface area contributed by atoms with E-state index in [0.717, 1.165) is 0 Å². The zero-order valence-electron chi connectivity index (χ0n) is 6.59. The Hall–Kier alpha value is -1.10. The fraction of sp³-hybridized carbons (Fsp3) is 0.667. The van der Waals surface area contributed by atoms with Crippen molar-refractivity contribution in [3.63, 3.8) is 0 Å². The maximum Gasteiger partial charge on any atom is 0.429 e. The first-order valence-electron chi connectivity index (χ1n) is 3.32. The lowest BCUT2D eigenvalue weighted by Crippen LogP contribution is -2.41. The van der Waals surface area contributed by atoms with E-state index >= 15 is 0 Å². The molecule has 0 unspecified atom stereocenters. The lowest BCUT2D eigenvalue weighted by atomic mass is 10.5. The molecular weight excluding hydrogens is 148 g/mol. The molecule has 0 fully saturated rings. The normalized spacial score (nSPS) is 10.4. The highest BCUT2D eigenvalue weighted by atomic mass is 16.5. The largest absolute Gasteiger partial charge is 0.429 e. The predicted molar refractivity (Wildman–Crippen MR) is 36.1 cm³/mol. The number of methoxy groups -OCH3 is 1. The molecule has 11 heavy (non-hydrogen) atoms. The molecule has 0 aliphatic heterocycles. The maximum absolute atomic E-state index is 10.7. The van der Waals surface area contributed by atoms with Crippen molar-refractivity contribution >= 4 is 0 Å². The summed E-state index contributed by atoms with van der Waals surface area (Å²) in [4.78, 5) is 10.7. The molecule has 0 aliphatic rings. The number of nitrogens with one attached hydrogen (secondary N) is 1. The van der Waals surface area contributed by atoms with Crippen molar-refractivity contribution in [3.05, 3.63) is 16.1 Å². The van der Waals surface area contributed by atoms with E-state index in [2.05, 4.69) is 9.79 Å². The Balaban J connectivity index is 2.71. The molecule has 0 aliphatic carbocycles. The monoisotopic (exact) mass is 159 g/mol. The van der Waals surface area contributed by atoms with Gasteiger partial charge in [0.2, 0.25) is 0 Å². The summed E-state index contributed by atoms with van der Waals surface area (Å²) in [7, 11) is 1.61. The summed E-state index contributed by atoms with van der Waals surface area (Å²) < 4.78 is 10.9. The number of aromatic amines is 1. The van der Waals surface area contributed by atoms with Crippen LogP contribution in [0.5, 0.6) is 0 Å². The Morgan fingerprint density at radius 3 is 2.91 bits per heavy atom. The van der Waals surface area contributed by atoms with E-state index in [9.17, 15) is 4.79 Å². The van der Waals surface area contributed by atoms with Gasteiger partial charge in [-0.15, -0.1) is 0 Å². The van der Waals surface area contributed by atoms with E-state index in [1.54, 1.807) is 18.7 Å². The van der Waals surface area contributed by atoms with Crippen molar-refractivity contribution in [2.24, 2.45) is 0 Å². The summed E-state index contributed by atoms with van der Waals surface area (Å²) in [5, 5.41) is 2.46. The Morgan fingerprint density at radius 2 is 2.45 bits per heavy atom. The fourth-order valence-electron chi connectivity index (χ4n) is 0.745. The summed E-state index contributed by atoms with van der Waals surface area (Å²) >= 11 is 0. The minimum Gasteiger partial charge on any atom is -0.378 e. The zero-order valence-corrected chi connectivity index (χ0v) is 6.59. The average Bonchev–Trinajstić information content (AvgIpc) is 2.31. The van der Waals surface area contributed by atoms with Crippen LogP contribution in [0.25, 0.3) is 0 Å². The highest BCUT2D eigenvalue weighted by molar-refractivity contribution is 4.75. The first-order valence-corrected chi connectivity index (χ1v) is 3.32. The molecule has 5 heteroatoms.